The van der Waals surface area contributed by atoms with Gasteiger partial charge in [0.05, 0.1) is 23.7 Å². The predicted molar refractivity (Wildman–Crippen MR) is 126 cm³/mol. The molecule has 0 radical (unpaired) electrons. The van der Waals surface area contributed by atoms with E-state index in [1.807, 2.05) is 0 Å². The number of carbonyl (C=O) groups excluding carboxylic acids is 1. The van der Waals surface area contributed by atoms with E-state index in [-0.39, 0.29) is 23.6 Å². The van der Waals surface area contributed by atoms with Crippen LogP contribution in [0.4, 0.5) is 18.9 Å². The van der Waals surface area contributed by atoms with Crippen LogP contribution >= 0.6 is 0 Å². The Kier molecular flexibility index (Phi) is 6.59. The summed E-state index contributed by atoms with van der Waals surface area (Å²) in [5.74, 6) is -1.06. The van der Waals surface area contributed by atoms with Gasteiger partial charge in [0.25, 0.3) is 12.0 Å². The minimum atomic E-state index is -2.92. The van der Waals surface area contributed by atoms with E-state index in [2.05, 4.69) is 10.3 Å². The molecule has 3 heterocycles. The summed E-state index contributed by atoms with van der Waals surface area (Å²) in [4.78, 5) is 31.2. The summed E-state index contributed by atoms with van der Waals surface area (Å²) in [6, 6.07) is 6.63. The lowest BCUT2D eigenvalue weighted by atomic mass is 9.92. The predicted octanol–water partition coefficient (Wildman–Crippen LogP) is 4.28. The number of aryl methyl sites for hydroxylation is 1. The van der Waals surface area contributed by atoms with Crippen LogP contribution in [0, 0.1) is 5.82 Å². The smallest absolute Gasteiger partial charge is 0.266 e. The molecule has 1 aliphatic rings. The maximum absolute atomic E-state index is 14.7. The van der Waals surface area contributed by atoms with Gasteiger partial charge in [0.1, 0.15) is 17.1 Å². The standard InChI is InChI=1S/C25H27F3N4O3/c1-14(16-6-5-7-17(21(16)26)22(27)28)30-20-8-10-29-23-18(20)12-19(24(34)31(23)3)25(35-4)9-11-32(13-25)15(2)33/h5-8,10,12,14,22H,9,11,13H2,1-4H3,(H,29,30)/t14-,25?/m1/s1. The molecule has 1 saturated heterocycles. The zero-order valence-corrected chi connectivity index (χ0v) is 19.9. The van der Waals surface area contributed by atoms with E-state index < -0.39 is 29.4 Å². The average Bonchev–Trinajstić information content (AvgIpc) is 3.27. The Bertz CT molecular complexity index is 1340. The fraction of sp³-hybridized carbons (Fsp3) is 0.400. The molecule has 7 nitrogen and oxygen atoms in total. The molecular formula is C25H27F3N4O3. The lowest BCUT2D eigenvalue weighted by Crippen LogP contribution is -2.40. The molecule has 4 rings (SSSR count). The third-order valence-corrected chi connectivity index (χ3v) is 6.80. The van der Waals surface area contributed by atoms with Crippen molar-refractivity contribution in [1.82, 2.24) is 14.5 Å². The molecule has 186 valence electrons. The fourth-order valence-electron chi connectivity index (χ4n) is 4.74. The van der Waals surface area contributed by atoms with Crippen molar-refractivity contribution in [1.29, 1.82) is 0 Å². The molecule has 1 fully saturated rings. The zero-order chi connectivity index (χ0) is 25.5. The zero-order valence-electron chi connectivity index (χ0n) is 19.9. The van der Waals surface area contributed by atoms with Crippen LogP contribution in [0.3, 0.4) is 0 Å². The molecule has 1 N–H and O–H groups in total. The average molecular weight is 489 g/mol. The first kappa shape index (κ1) is 24.7. The van der Waals surface area contributed by atoms with E-state index in [0.29, 0.717) is 35.2 Å². The van der Waals surface area contributed by atoms with Crippen molar-refractivity contribution in [2.45, 2.75) is 38.3 Å². The largest absolute Gasteiger partial charge is 0.378 e. The van der Waals surface area contributed by atoms with Crippen LogP contribution in [-0.4, -0.2) is 40.6 Å². The minimum Gasteiger partial charge on any atom is -0.378 e. The Balaban J connectivity index is 1.80. The lowest BCUT2D eigenvalue weighted by molar-refractivity contribution is -0.129. The number of amides is 1. The molecule has 10 heteroatoms. The lowest BCUT2D eigenvalue weighted by Gasteiger charge is -2.28. The van der Waals surface area contributed by atoms with Crippen molar-refractivity contribution < 1.29 is 22.7 Å². The maximum atomic E-state index is 14.7. The van der Waals surface area contributed by atoms with E-state index in [1.54, 1.807) is 31.0 Å². The number of ether oxygens (including phenoxy) is 1. The molecule has 0 aliphatic carbocycles. The highest BCUT2D eigenvalue weighted by Gasteiger charge is 2.43. The molecule has 2 atom stereocenters. The number of nitrogens with one attached hydrogen (secondary N) is 1. The number of likely N-dealkylation sites (tertiary alicyclic amines) is 1. The van der Waals surface area contributed by atoms with Gasteiger partial charge in [0.15, 0.2) is 0 Å². The summed E-state index contributed by atoms with van der Waals surface area (Å²) in [7, 11) is 3.11. The number of fused-ring (bicyclic) bond motifs is 1. The van der Waals surface area contributed by atoms with Crippen molar-refractivity contribution in [3.05, 3.63) is 69.4 Å². The molecule has 0 bridgehead atoms. The van der Waals surface area contributed by atoms with Crippen molar-refractivity contribution in [3.8, 4) is 0 Å². The van der Waals surface area contributed by atoms with E-state index >= 15 is 0 Å². The van der Waals surface area contributed by atoms with Gasteiger partial charge in [-0.1, -0.05) is 18.2 Å². The van der Waals surface area contributed by atoms with Crippen LogP contribution < -0.4 is 10.9 Å². The molecule has 0 spiro atoms. The van der Waals surface area contributed by atoms with E-state index in [9.17, 15) is 22.8 Å². The number of anilines is 1. The summed E-state index contributed by atoms with van der Waals surface area (Å²) < 4.78 is 48.4. The Morgan fingerprint density at radius 3 is 2.60 bits per heavy atom. The molecule has 0 saturated carbocycles. The summed E-state index contributed by atoms with van der Waals surface area (Å²) >= 11 is 0. The van der Waals surface area contributed by atoms with Crippen molar-refractivity contribution in [3.63, 3.8) is 0 Å². The normalized spacial score (nSPS) is 18.9. The van der Waals surface area contributed by atoms with Crippen molar-refractivity contribution >= 4 is 22.6 Å². The van der Waals surface area contributed by atoms with E-state index in [0.717, 1.165) is 6.07 Å². The number of hydrogen-bond acceptors (Lipinski definition) is 5. The molecule has 2 aromatic heterocycles. The molecule has 1 amide bonds. The highest BCUT2D eigenvalue weighted by molar-refractivity contribution is 5.89. The van der Waals surface area contributed by atoms with Crippen LogP contribution in [0.25, 0.3) is 11.0 Å². The second kappa shape index (κ2) is 9.33. The van der Waals surface area contributed by atoms with Gasteiger partial charge in [-0.05, 0) is 19.1 Å². The van der Waals surface area contributed by atoms with Gasteiger partial charge in [-0.15, -0.1) is 0 Å². The van der Waals surface area contributed by atoms with Crippen LogP contribution in [0.2, 0.25) is 0 Å². The second-order valence-electron chi connectivity index (χ2n) is 8.82. The number of nitrogens with zero attached hydrogens (tertiary/aromatic N) is 3. The quantitative estimate of drug-likeness (QED) is 0.561. The van der Waals surface area contributed by atoms with Crippen LogP contribution in [0.15, 0.2) is 41.3 Å². The minimum absolute atomic E-state index is 0.0964. The van der Waals surface area contributed by atoms with E-state index in [4.69, 9.17) is 4.74 Å². The monoisotopic (exact) mass is 488 g/mol. The molecule has 35 heavy (non-hydrogen) atoms. The molecule has 1 aromatic carbocycles. The SMILES string of the molecule is COC1(c2cc3c(N[C@H](C)c4cccc(C(F)F)c4F)ccnc3n(C)c2=O)CCN(C(C)=O)C1. The molecule has 1 aliphatic heterocycles. The Morgan fingerprint density at radius 1 is 1.26 bits per heavy atom. The number of methoxy groups -OCH3 is 1. The third kappa shape index (κ3) is 4.27. The van der Waals surface area contributed by atoms with Gasteiger partial charge in [-0.2, -0.15) is 0 Å². The van der Waals surface area contributed by atoms with Crippen LogP contribution in [0.5, 0.6) is 0 Å². The van der Waals surface area contributed by atoms with Gasteiger partial charge < -0.3 is 15.0 Å². The highest BCUT2D eigenvalue weighted by Crippen LogP contribution is 2.36. The molecule has 3 aromatic rings. The maximum Gasteiger partial charge on any atom is 0.266 e. The van der Waals surface area contributed by atoms with E-state index in [1.165, 1.54) is 36.9 Å². The van der Waals surface area contributed by atoms with Crippen LogP contribution in [0.1, 0.15) is 49.4 Å². The fourth-order valence-corrected chi connectivity index (χ4v) is 4.74. The van der Waals surface area contributed by atoms with Gasteiger partial charge in [0, 0.05) is 56.9 Å². The Morgan fingerprint density at radius 2 is 1.97 bits per heavy atom. The van der Waals surface area contributed by atoms with Gasteiger partial charge in [-0.25, -0.2) is 18.2 Å². The second-order valence-corrected chi connectivity index (χ2v) is 8.82. The number of aromatic nitrogens is 2. The molecular weight excluding hydrogens is 461 g/mol. The summed E-state index contributed by atoms with van der Waals surface area (Å²) in [6.07, 6.45) is -0.955. The number of halogens is 3. The molecule has 1 unspecified atom stereocenters. The Hall–Kier alpha value is -3.40. The summed E-state index contributed by atoms with van der Waals surface area (Å²) in [5.41, 5.74) is -0.506. The Labute approximate surface area is 200 Å². The summed E-state index contributed by atoms with van der Waals surface area (Å²) in [6.45, 7) is 3.84. The van der Waals surface area contributed by atoms with Crippen molar-refractivity contribution in [2.24, 2.45) is 7.05 Å². The number of pyridine rings is 2. The first-order chi connectivity index (χ1) is 16.6. The number of hydrogen-bond donors (Lipinski definition) is 1. The third-order valence-electron chi connectivity index (χ3n) is 6.80. The number of carbonyl (C=O) groups is 1. The topological polar surface area (TPSA) is 76.5 Å². The highest BCUT2D eigenvalue weighted by atomic mass is 19.3. The van der Waals surface area contributed by atoms with Gasteiger partial charge in [-0.3, -0.25) is 14.2 Å². The van der Waals surface area contributed by atoms with Gasteiger partial charge in [0.2, 0.25) is 5.91 Å². The van der Waals surface area contributed by atoms with Crippen LogP contribution in [-0.2, 0) is 22.2 Å². The number of benzene rings is 1. The summed E-state index contributed by atoms with van der Waals surface area (Å²) in [5, 5.41) is 3.77. The number of rotatable bonds is 6. The first-order valence-corrected chi connectivity index (χ1v) is 11.2. The van der Waals surface area contributed by atoms with Crippen molar-refractivity contribution in [2.75, 3.05) is 25.5 Å². The first-order valence-electron chi connectivity index (χ1n) is 11.2. The number of alkyl halides is 2. The van der Waals surface area contributed by atoms with Gasteiger partial charge >= 0.3 is 0 Å².